The van der Waals surface area contributed by atoms with Crippen LogP contribution >= 0.6 is 0 Å². The average Bonchev–Trinajstić information content (AvgIpc) is 2.30. The molecule has 0 amide bonds. The van der Waals surface area contributed by atoms with Crippen molar-refractivity contribution in [1.82, 2.24) is 0 Å². The summed E-state index contributed by atoms with van der Waals surface area (Å²) < 4.78 is 5.75. The Hall–Kier alpha value is -0.123. The van der Waals surface area contributed by atoms with Gasteiger partial charge in [0, 0.05) is 6.42 Å². The van der Waals surface area contributed by atoms with Crippen LogP contribution in [-0.4, -0.2) is 19.9 Å². The molecule has 0 aromatic heterocycles. The maximum absolute atomic E-state index is 9.97. The molecular weight excluding hydrogens is 192 g/mol. The highest BCUT2D eigenvalue weighted by atomic mass is 28.3. The molecule has 0 saturated heterocycles. The van der Waals surface area contributed by atoms with Crippen LogP contribution in [0.25, 0.3) is 0 Å². The van der Waals surface area contributed by atoms with E-state index in [-0.39, 0.29) is 0 Å². The molecule has 1 radical (unpaired) electrons. The Morgan fingerprint density at radius 3 is 2.57 bits per heavy atom. The first-order chi connectivity index (χ1) is 6.31. The third-order valence-electron chi connectivity index (χ3n) is 2.18. The summed E-state index contributed by atoms with van der Waals surface area (Å²) in [5, 5.41) is 9.97. The molecule has 0 unspecified atom stereocenters. The smallest absolute Gasteiger partial charge is 0.213 e. The van der Waals surface area contributed by atoms with Gasteiger partial charge in [-0.25, -0.2) is 0 Å². The first kappa shape index (κ1) is 11.9. The van der Waals surface area contributed by atoms with Crippen LogP contribution in [-0.2, 0) is 4.43 Å². The highest BCUT2D eigenvalue weighted by Gasteiger charge is 2.31. The average molecular weight is 213 g/mol. The summed E-state index contributed by atoms with van der Waals surface area (Å²) >= 11 is 0. The second-order valence-electron chi connectivity index (χ2n) is 5.33. The van der Waals surface area contributed by atoms with Crippen molar-refractivity contribution in [2.45, 2.75) is 52.0 Å². The van der Waals surface area contributed by atoms with E-state index in [2.05, 4.69) is 27.3 Å². The highest BCUT2D eigenvalue weighted by molar-refractivity contribution is 6.50. The summed E-state index contributed by atoms with van der Waals surface area (Å²) in [5.74, 6) is -0.950. The summed E-state index contributed by atoms with van der Waals surface area (Å²) in [6.07, 6.45) is 5.44. The normalized spacial score (nSPS) is 27.6. The topological polar surface area (TPSA) is 29.5 Å². The van der Waals surface area contributed by atoms with Gasteiger partial charge in [-0.1, -0.05) is 26.8 Å². The number of aliphatic hydroxyl groups is 1. The van der Waals surface area contributed by atoms with Crippen molar-refractivity contribution in [3.63, 3.8) is 0 Å². The van der Waals surface area contributed by atoms with Crippen molar-refractivity contribution in [2.75, 3.05) is 0 Å². The fourth-order valence-corrected chi connectivity index (χ4v) is 4.15. The van der Waals surface area contributed by atoms with Crippen LogP contribution in [0.1, 0.15) is 33.6 Å². The molecule has 1 aliphatic carbocycles. The van der Waals surface area contributed by atoms with E-state index in [0.29, 0.717) is 5.41 Å². The predicted molar refractivity (Wildman–Crippen MR) is 60.3 cm³/mol. The monoisotopic (exact) mass is 213 g/mol. The van der Waals surface area contributed by atoms with Gasteiger partial charge in [0.25, 0.3) is 0 Å². The molecule has 0 bridgehead atoms. The fraction of sp³-hybridized carbons (Fsp3) is 0.818. The summed E-state index contributed by atoms with van der Waals surface area (Å²) in [7, 11) is -0.889. The van der Waals surface area contributed by atoms with E-state index in [0.717, 1.165) is 18.9 Å². The third-order valence-corrected chi connectivity index (χ3v) is 4.44. The zero-order chi connectivity index (χ0) is 10.8. The molecule has 0 aromatic rings. The Labute approximate surface area is 88.7 Å². The molecule has 0 saturated carbocycles. The summed E-state index contributed by atoms with van der Waals surface area (Å²) in [6.45, 7) is 8.75. The first-order valence-electron chi connectivity index (χ1n) is 5.22. The summed E-state index contributed by atoms with van der Waals surface area (Å²) in [4.78, 5) is 0. The van der Waals surface area contributed by atoms with Gasteiger partial charge in [0.05, 0.1) is 0 Å². The quantitative estimate of drug-likeness (QED) is 0.444. The molecule has 0 aliphatic heterocycles. The van der Waals surface area contributed by atoms with E-state index >= 15 is 0 Å². The lowest BCUT2D eigenvalue weighted by Crippen LogP contribution is -2.35. The van der Waals surface area contributed by atoms with Gasteiger partial charge in [-0.15, -0.1) is 0 Å². The minimum absolute atomic E-state index is 0.293. The predicted octanol–water partition coefficient (Wildman–Crippen LogP) is 2.71. The maximum atomic E-state index is 9.97. The molecule has 1 aliphatic rings. The minimum Gasteiger partial charge on any atom is -0.387 e. The molecule has 81 valence electrons. The van der Waals surface area contributed by atoms with Gasteiger partial charge in [0.15, 0.2) is 5.79 Å². The fourth-order valence-electron chi connectivity index (χ4n) is 1.81. The zero-order valence-electron chi connectivity index (χ0n) is 9.63. The lowest BCUT2D eigenvalue weighted by molar-refractivity contribution is -0.0968. The van der Waals surface area contributed by atoms with Crippen LogP contribution in [0.5, 0.6) is 0 Å². The molecule has 0 fully saturated rings. The SMILES string of the molecule is C[Si](CC(C)(C)C)O[C@]1(O)C=CCC1. The van der Waals surface area contributed by atoms with E-state index in [1.165, 1.54) is 0 Å². The van der Waals surface area contributed by atoms with Crippen molar-refractivity contribution < 1.29 is 9.53 Å². The van der Waals surface area contributed by atoms with Crippen LogP contribution in [0.15, 0.2) is 12.2 Å². The van der Waals surface area contributed by atoms with Crippen molar-refractivity contribution >= 4 is 9.04 Å². The van der Waals surface area contributed by atoms with Gasteiger partial charge >= 0.3 is 0 Å². The molecule has 0 aromatic carbocycles. The van der Waals surface area contributed by atoms with Crippen LogP contribution in [0.2, 0.25) is 12.6 Å². The van der Waals surface area contributed by atoms with Crippen molar-refractivity contribution in [2.24, 2.45) is 5.41 Å². The number of hydrogen-bond donors (Lipinski definition) is 1. The number of rotatable bonds is 3. The molecule has 0 spiro atoms. The molecule has 1 rings (SSSR count). The second-order valence-corrected chi connectivity index (χ2v) is 7.29. The standard InChI is InChI=1S/C11H21O2Si/c1-10(2,3)9-14(4)13-11(12)7-5-6-8-11/h5,7,12H,6,8-9H2,1-4H3/t11-/m1/s1. The maximum Gasteiger partial charge on any atom is 0.213 e. The van der Waals surface area contributed by atoms with Crippen molar-refractivity contribution in [3.8, 4) is 0 Å². The first-order valence-corrected chi connectivity index (χ1v) is 7.34. The zero-order valence-corrected chi connectivity index (χ0v) is 10.6. The van der Waals surface area contributed by atoms with Crippen LogP contribution in [0.4, 0.5) is 0 Å². The molecule has 0 heterocycles. The largest absolute Gasteiger partial charge is 0.387 e. The van der Waals surface area contributed by atoms with Crippen LogP contribution < -0.4 is 0 Å². The molecule has 1 N–H and O–H groups in total. The van der Waals surface area contributed by atoms with Gasteiger partial charge in [-0.3, -0.25) is 0 Å². The van der Waals surface area contributed by atoms with Gasteiger partial charge in [0.2, 0.25) is 9.04 Å². The summed E-state index contributed by atoms with van der Waals surface area (Å²) in [5.41, 5.74) is 0.293. The molecule has 1 atom stereocenters. The van der Waals surface area contributed by atoms with Gasteiger partial charge in [0.1, 0.15) is 0 Å². The van der Waals surface area contributed by atoms with Crippen LogP contribution in [0, 0.1) is 5.41 Å². The van der Waals surface area contributed by atoms with E-state index in [4.69, 9.17) is 4.43 Å². The molecule has 14 heavy (non-hydrogen) atoms. The van der Waals surface area contributed by atoms with Gasteiger partial charge < -0.3 is 9.53 Å². The van der Waals surface area contributed by atoms with E-state index in [9.17, 15) is 5.11 Å². The van der Waals surface area contributed by atoms with E-state index < -0.39 is 14.8 Å². The lowest BCUT2D eigenvalue weighted by Gasteiger charge is -2.28. The van der Waals surface area contributed by atoms with Gasteiger partial charge in [-0.2, -0.15) is 0 Å². The van der Waals surface area contributed by atoms with Crippen LogP contribution in [0.3, 0.4) is 0 Å². The number of hydrogen-bond acceptors (Lipinski definition) is 2. The Bertz CT molecular complexity index is 220. The van der Waals surface area contributed by atoms with E-state index in [1.54, 1.807) is 6.08 Å². The minimum atomic E-state index is -0.950. The highest BCUT2D eigenvalue weighted by Crippen LogP contribution is 2.28. The van der Waals surface area contributed by atoms with Crippen molar-refractivity contribution in [1.29, 1.82) is 0 Å². The Kier molecular flexibility index (Phi) is 3.56. The molecular formula is C11H21O2Si. The van der Waals surface area contributed by atoms with Gasteiger partial charge in [-0.05, 0) is 30.5 Å². The molecule has 2 nitrogen and oxygen atoms in total. The summed E-state index contributed by atoms with van der Waals surface area (Å²) in [6, 6.07) is 1.06. The Balaban J connectivity index is 2.40. The van der Waals surface area contributed by atoms with Crippen molar-refractivity contribution in [3.05, 3.63) is 12.2 Å². The Morgan fingerprint density at radius 1 is 1.50 bits per heavy atom. The molecule has 3 heteroatoms. The van der Waals surface area contributed by atoms with E-state index in [1.807, 2.05) is 6.08 Å². The lowest BCUT2D eigenvalue weighted by atomic mass is 10.0. The second kappa shape index (κ2) is 4.17. The third kappa shape index (κ3) is 3.94. The Morgan fingerprint density at radius 2 is 2.14 bits per heavy atom. The number of allylic oxidation sites excluding steroid dienone is 1.